The topological polar surface area (TPSA) is 60.3 Å². The van der Waals surface area contributed by atoms with E-state index in [1.165, 1.54) is 4.57 Å². The highest BCUT2D eigenvalue weighted by Gasteiger charge is 2.10. The summed E-state index contributed by atoms with van der Waals surface area (Å²) < 4.78 is 6.68. The zero-order chi connectivity index (χ0) is 18.0. The molecule has 0 fully saturated rings. The first-order valence-corrected chi connectivity index (χ1v) is 8.03. The fourth-order valence-corrected chi connectivity index (χ4v) is 2.89. The molecular formula is C20H20N2O3. The van der Waals surface area contributed by atoms with Crippen molar-refractivity contribution in [1.82, 2.24) is 4.57 Å². The van der Waals surface area contributed by atoms with Gasteiger partial charge in [0.2, 0.25) is 5.91 Å². The second-order valence-electron chi connectivity index (χ2n) is 6.04. The number of hydrogen-bond donors (Lipinski definition) is 1. The Morgan fingerprint density at radius 3 is 2.64 bits per heavy atom. The Morgan fingerprint density at radius 2 is 1.92 bits per heavy atom. The number of rotatable bonds is 4. The number of carbonyl (C=O) groups excluding carboxylic acids is 1. The summed E-state index contributed by atoms with van der Waals surface area (Å²) in [4.78, 5) is 25.0. The summed E-state index contributed by atoms with van der Waals surface area (Å²) in [6.07, 6.45) is 1.62. The Labute approximate surface area is 145 Å². The third-order valence-corrected chi connectivity index (χ3v) is 4.17. The van der Waals surface area contributed by atoms with E-state index in [-0.39, 0.29) is 18.0 Å². The van der Waals surface area contributed by atoms with E-state index in [2.05, 4.69) is 5.32 Å². The fraction of sp³-hybridized carbons (Fsp3) is 0.200. The summed E-state index contributed by atoms with van der Waals surface area (Å²) in [7, 11) is 1.57. The van der Waals surface area contributed by atoms with Crippen molar-refractivity contribution in [2.24, 2.45) is 0 Å². The predicted molar refractivity (Wildman–Crippen MR) is 99.3 cm³/mol. The van der Waals surface area contributed by atoms with Gasteiger partial charge in [0.25, 0.3) is 5.56 Å². The van der Waals surface area contributed by atoms with Gasteiger partial charge < -0.3 is 14.6 Å². The Bertz CT molecular complexity index is 1010. The van der Waals surface area contributed by atoms with Crippen molar-refractivity contribution in [3.63, 3.8) is 0 Å². The number of carbonyl (C=O) groups is 1. The Kier molecular flexibility index (Phi) is 4.57. The van der Waals surface area contributed by atoms with Crippen LogP contribution in [0.25, 0.3) is 10.8 Å². The number of fused-ring (bicyclic) bond motifs is 1. The summed E-state index contributed by atoms with van der Waals surface area (Å²) in [5.41, 5.74) is 2.66. The smallest absolute Gasteiger partial charge is 0.259 e. The standard InChI is InChI=1S/C20H20N2O3/c1-13-7-8-17(14(2)11-13)21-19(23)12-22-10-9-15-16(20(22)24)5-4-6-18(15)25-3/h4-11H,12H2,1-3H3,(H,21,23). The molecule has 1 N–H and O–H groups in total. The molecule has 0 bridgehead atoms. The molecule has 2 aromatic carbocycles. The summed E-state index contributed by atoms with van der Waals surface area (Å²) in [5.74, 6) is 0.401. The Morgan fingerprint density at radius 1 is 1.12 bits per heavy atom. The molecule has 0 radical (unpaired) electrons. The largest absolute Gasteiger partial charge is 0.496 e. The van der Waals surface area contributed by atoms with Gasteiger partial charge in [-0.2, -0.15) is 0 Å². The highest BCUT2D eigenvalue weighted by Crippen LogP contribution is 2.22. The van der Waals surface area contributed by atoms with E-state index < -0.39 is 0 Å². The van der Waals surface area contributed by atoms with Crippen LogP contribution >= 0.6 is 0 Å². The number of pyridine rings is 1. The average Bonchev–Trinajstić information content (AvgIpc) is 2.59. The van der Waals surface area contributed by atoms with E-state index in [4.69, 9.17) is 4.74 Å². The SMILES string of the molecule is COc1cccc2c(=O)n(CC(=O)Nc3ccc(C)cc3C)ccc12. The number of nitrogens with zero attached hydrogens (tertiary/aromatic N) is 1. The molecule has 0 saturated carbocycles. The zero-order valence-electron chi connectivity index (χ0n) is 14.5. The molecule has 1 amide bonds. The second kappa shape index (κ2) is 6.81. The van der Waals surface area contributed by atoms with Gasteiger partial charge in [-0.3, -0.25) is 9.59 Å². The maximum Gasteiger partial charge on any atom is 0.259 e. The van der Waals surface area contributed by atoms with E-state index in [0.29, 0.717) is 11.1 Å². The lowest BCUT2D eigenvalue weighted by Gasteiger charge is -2.11. The van der Waals surface area contributed by atoms with Gasteiger partial charge in [0.15, 0.2) is 0 Å². The van der Waals surface area contributed by atoms with Crippen molar-refractivity contribution in [1.29, 1.82) is 0 Å². The van der Waals surface area contributed by atoms with Crippen molar-refractivity contribution < 1.29 is 9.53 Å². The van der Waals surface area contributed by atoms with Crippen LogP contribution in [-0.2, 0) is 11.3 Å². The number of amides is 1. The number of nitrogens with one attached hydrogen (secondary N) is 1. The lowest BCUT2D eigenvalue weighted by molar-refractivity contribution is -0.116. The van der Waals surface area contributed by atoms with Crippen LogP contribution < -0.4 is 15.6 Å². The van der Waals surface area contributed by atoms with Gasteiger partial charge in [-0.1, -0.05) is 23.8 Å². The van der Waals surface area contributed by atoms with Gasteiger partial charge >= 0.3 is 0 Å². The van der Waals surface area contributed by atoms with E-state index >= 15 is 0 Å². The summed E-state index contributed by atoms with van der Waals surface area (Å²) in [6, 6.07) is 12.9. The molecule has 3 rings (SSSR count). The first kappa shape index (κ1) is 16.8. The van der Waals surface area contributed by atoms with Gasteiger partial charge in [-0.25, -0.2) is 0 Å². The van der Waals surface area contributed by atoms with Crippen molar-refractivity contribution >= 4 is 22.4 Å². The highest BCUT2D eigenvalue weighted by atomic mass is 16.5. The lowest BCUT2D eigenvalue weighted by atomic mass is 10.1. The fourth-order valence-electron chi connectivity index (χ4n) is 2.89. The quantitative estimate of drug-likeness (QED) is 0.795. The van der Waals surface area contributed by atoms with Crippen LogP contribution in [0.3, 0.4) is 0 Å². The molecule has 0 saturated heterocycles. The Balaban J connectivity index is 1.86. The molecule has 0 aliphatic carbocycles. The first-order valence-electron chi connectivity index (χ1n) is 8.03. The van der Waals surface area contributed by atoms with Crippen LogP contribution in [-0.4, -0.2) is 17.6 Å². The molecule has 128 valence electrons. The van der Waals surface area contributed by atoms with Gasteiger partial charge in [0.05, 0.1) is 12.5 Å². The minimum atomic E-state index is -0.240. The number of anilines is 1. The van der Waals surface area contributed by atoms with E-state index in [0.717, 1.165) is 22.2 Å². The van der Waals surface area contributed by atoms with Crippen LogP contribution in [0.2, 0.25) is 0 Å². The predicted octanol–water partition coefficient (Wildman–Crippen LogP) is 3.27. The molecule has 5 nitrogen and oxygen atoms in total. The molecule has 0 aliphatic heterocycles. The minimum Gasteiger partial charge on any atom is -0.496 e. The minimum absolute atomic E-state index is 0.0424. The molecule has 0 spiro atoms. The van der Waals surface area contributed by atoms with Crippen molar-refractivity contribution in [2.45, 2.75) is 20.4 Å². The molecule has 0 atom stereocenters. The van der Waals surface area contributed by atoms with Crippen LogP contribution in [0.5, 0.6) is 5.75 Å². The molecule has 5 heteroatoms. The molecule has 1 heterocycles. The van der Waals surface area contributed by atoms with E-state index in [9.17, 15) is 9.59 Å². The molecule has 25 heavy (non-hydrogen) atoms. The normalized spacial score (nSPS) is 10.7. The summed E-state index contributed by atoms with van der Waals surface area (Å²) in [5, 5.41) is 4.13. The van der Waals surface area contributed by atoms with Crippen molar-refractivity contribution in [3.8, 4) is 5.75 Å². The van der Waals surface area contributed by atoms with Gasteiger partial charge in [-0.05, 0) is 43.7 Å². The number of aromatic nitrogens is 1. The maximum absolute atomic E-state index is 12.6. The van der Waals surface area contributed by atoms with Crippen molar-refractivity contribution in [2.75, 3.05) is 12.4 Å². The highest BCUT2D eigenvalue weighted by molar-refractivity contribution is 5.92. The third-order valence-electron chi connectivity index (χ3n) is 4.17. The first-order chi connectivity index (χ1) is 12.0. The molecule has 1 aromatic heterocycles. The van der Waals surface area contributed by atoms with E-state index in [1.807, 2.05) is 32.0 Å². The summed E-state index contributed by atoms with van der Waals surface area (Å²) in [6.45, 7) is 3.90. The molecule has 0 aliphatic rings. The second-order valence-corrected chi connectivity index (χ2v) is 6.04. The van der Waals surface area contributed by atoms with Gasteiger partial charge in [0.1, 0.15) is 12.3 Å². The summed E-state index contributed by atoms with van der Waals surface area (Å²) >= 11 is 0. The number of aryl methyl sites for hydroxylation is 2. The van der Waals surface area contributed by atoms with Crippen LogP contribution in [0, 0.1) is 13.8 Å². The van der Waals surface area contributed by atoms with Crippen molar-refractivity contribution in [3.05, 3.63) is 70.1 Å². The lowest BCUT2D eigenvalue weighted by Crippen LogP contribution is -2.27. The molecular weight excluding hydrogens is 316 g/mol. The average molecular weight is 336 g/mol. The number of ether oxygens (including phenoxy) is 1. The Hall–Kier alpha value is -3.08. The molecule has 3 aromatic rings. The van der Waals surface area contributed by atoms with Gasteiger partial charge in [-0.15, -0.1) is 0 Å². The monoisotopic (exact) mass is 336 g/mol. The van der Waals surface area contributed by atoms with Gasteiger partial charge in [0, 0.05) is 17.3 Å². The maximum atomic E-state index is 12.6. The van der Waals surface area contributed by atoms with Crippen LogP contribution in [0.15, 0.2) is 53.5 Å². The van der Waals surface area contributed by atoms with E-state index in [1.54, 1.807) is 37.6 Å². The van der Waals surface area contributed by atoms with Crippen LogP contribution in [0.1, 0.15) is 11.1 Å². The number of methoxy groups -OCH3 is 1. The molecule has 0 unspecified atom stereocenters. The zero-order valence-corrected chi connectivity index (χ0v) is 14.5. The third kappa shape index (κ3) is 3.40. The van der Waals surface area contributed by atoms with Crippen LogP contribution in [0.4, 0.5) is 5.69 Å². The number of benzene rings is 2. The number of hydrogen-bond acceptors (Lipinski definition) is 3.